The normalized spacial score (nSPS) is 20.7. The third-order valence-electron chi connectivity index (χ3n) is 3.27. The number of hydrogen-bond donors (Lipinski definition) is 1. The lowest BCUT2D eigenvalue weighted by atomic mass is 10.2. The first-order valence-electron chi connectivity index (χ1n) is 6.60. The van der Waals surface area contributed by atoms with E-state index < -0.39 is 15.8 Å². The van der Waals surface area contributed by atoms with Crippen LogP contribution < -0.4 is 5.32 Å². The van der Waals surface area contributed by atoms with Gasteiger partial charge >= 0.3 is 0 Å². The van der Waals surface area contributed by atoms with Crippen molar-refractivity contribution in [2.24, 2.45) is 0 Å². The fraction of sp³-hybridized carbons (Fsp3) is 0.538. The molecule has 0 saturated carbocycles. The van der Waals surface area contributed by atoms with Crippen molar-refractivity contribution in [2.45, 2.75) is 23.6 Å². The zero-order valence-electron chi connectivity index (χ0n) is 11.9. The highest BCUT2D eigenvalue weighted by Crippen LogP contribution is 2.29. The van der Waals surface area contributed by atoms with Gasteiger partial charge in [0.05, 0.1) is 0 Å². The van der Waals surface area contributed by atoms with Gasteiger partial charge in [0.15, 0.2) is 0 Å². The zero-order valence-corrected chi connectivity index (χ0v) is 15.1. The smallest absolute Gasteiger partial charge is 0.246 e. The molecule has 0 radical (unpaired) electrons. The van der Waals surface area contributed by atoms with Crippen molar-refractivity contribution >= 4 is 37.7 Å². The van der Waals surface area contributed by atoms with Crippen LogP contribution in [0.3, 0.4) is 0 Å². The maximum Gasteiger partial charge on any atom is 0.246 e. The molecule has 4 nitrogen and oxygen atoms in total. The second-order valence-corrected chi connectivity index (χ2v) is 9.32. The summed E-state index contributed by atoms with van der Waals surface area (Å²) >= 11 is 5.00. The highest BCUT2D eigenvalue weighted by Gasteiger charge is 2.32. The Morgan fingerprint density at radius 3 is 2.86 bits per heavy atom. The van der Waals surface area contributed by atoms with Gasteiger partial charge in [-0.2, -0.15) is 16.1 Å². The molecule has 1 aliphatic heterocycles. The number of nitrogens with zero attached hydrogens (tertiary/aromatic N) is 1. The number of halogens is 2. The van der Waals surface area contributed by atoms with E-state index in [4.69, 9.17) is 0 Å². The number of nitrogens with one attached hydrogen (secondary N) is 1. The average Bonchev–Trinajstić information content (AvgIpc) is 2.42. The molecule has 0 amide bonds. The second-order valence-electron chi connectivity index (χ2n) is 4.95. The van der Waals surface area contributed by atoms with Crippen molar-refractivity contribution < 1.29 is 12.8 Å². The Hall–Kier alpha value is -0.150. The molecule has 21 heavy (non-hydrogen) atoms. The summed E-state index contributed by atoms with van der Waals surface area (Å²) in [4.78, 5) is -0.249. The Labute approximate surface area is 137 Å². The fourth-order valence-corrected chi connectivity index (χ4v) is 5.81. The molecule has 0 aromatic heterocycles. The number of benzene rings is 1. The molecule has 0 aliphatic carbocycles. The molecule has 0 bridgehead atoms. The van der Waals surface area contributed by atoms with Crippen LogP contribution >= 0.6 is 27.7 Å². The minimum Gasteiger partial charge on any atom is -0.316 e. The van der Waals surface area contributed by atoms with E-state index in [1.165, 1.54) is 10.4 Å². The summed E-state index contributed by atoms with van der Waals surface area (Å²) < 4.78 is 41.9. The lowest BCUT2D eigenvalue weighted by molar-refractivity contribution is 0.419. The first-order chi connectivity index (χ1) is 9.86. The summed E-state index contributed by atoms with van der Waals surface area (Å²) in [6.45, 7) is 3.10. The molecular weight excluding hydrogens is 379 g/mol. The van der Waals surface area contributed by atoms with Gasteiger partial charge in [-0.25, -0.2) is 12.8 Å². The largest absolute Gasteiger partial charge is 0.316 e. The van der Waals surface area contributed by atoms with Crippen LogP contribution in [0.1, 0.15) is 12.5 Å². The summed E-state index contributed by atoms with van der Waals surface area (Å²) in [5.41, 5.74) is 0.338. The zero-order chi connectivity index (χ0) is 15.6. The minimum atomic E-state index is -3.80. The number of rotatable bonds is 4. The summed E-state index contributed by atoms with van der Waals surface area (Å²) in [6, 6.07) is 2.94. The van der Waals surface area contributed by atoms with Crippen molar-refractivity contribution in [2.75, 3.05) is 25.9 Å². The Balaban J connectivity index is 2.44. The van der Waals surface area contributed by atoms with E-state index in [1.807, 2.05) is 6.92 Å². The summed E-state index contributed by atoms with van der Waals surface area (Å²) in [5, 5.41) is 3.07. The average molecular weight is 397 g/mol. The second kappa shape index (κ2) is 6.95. The van der Waals surface area contributed by atoms with Gasteiger partial charge < -0.3 is 5.32 Å². The van der Waals surface area contributed by atoms with Crippen molar-refractivity contribution in [1.82, 2.24) is 9.62 Å². The predicted octanol–water partition coefficient (Wildman–Crippen LogP) is 2.43. The van der Waals surface area contributed by atoms with Crippen LogP contribution in [0, 0.1) is 5.82 Å². The summed E-state index contributed by atoms with van der Waals surface area (Å²) in [7, 11) is -2.11. The van der Waals surface area contributed by atoms with E-state index in [0.717, 1.165) is 5.75 Å². The van der Waals surface area contributed by atoms with Gasteiger partial charge in [0.25, 0.3) is 0 Å². The van der Waals surface area contributed by atoms with Gasteiger partial charge in [-0.15, -0.1) is 0 Å². The third-order valence-corrected chi connectivity index (χ3v) is 6.73. The number of thioether (sulfide) groups is 1. The monoisotopic (exact) mass is 396 g/mol. The van der Waals surface area contributed by atoms with Crippen molar-refractivity contribution in [1.29, 1.82) is 0 Å². The van der Waals surface area contributed by atoms with Crippen LogP contribution in [-0.2, 0) is 16.6 Å². The fourth-order valence-electron chi connectivity index (χ4n) is 2.27. The first kappa shape index (κ1) is 17.2. The van der Waals surface area contributed by atoms with Crippen molar-refractivity contribution in [3.63, 3.8) is 0 Å². The molecule has 118 valence electrons. The van der Waals surface area contributed by atoms with E-state index in [-0.39, 0.29) is 16.7 Å². The van der Waals surface area contributed by atoms with Gasteiger partial charge in [0, 0.05) is 40.7 Å². The Kier molecular flexibility index (Phi) is 5.70. The quantitative estimate of drug-likeness (QED) is 0.848. The first-order valence-corrected chi connectivity index (χ1v) is 9.88. The molecule has 1 N–H and O–H groups in total. The molecule has 1 saturated heterocycles. The molecule has 0 spiro atoms. The lowest BCUT2D eigenvalue weighted by Gasteiger charge is -2.30. The van der Waals surface area contributed by atoms with Crippen LogP contribution in [0.2, 0.25) is 0 Å². The Morgan fingerprint density at radius 2 is 2.24 bits per heavy atom. The van der Waals surface area contributed by atoms with Crippen molar-refractivity contribution in [3.05, 3.63) is 28.0 Å². The lowest BCUT2D eigenvalue weighted by Crippen LogP contribution is -2.41. The van der Waals surface area contributed by atoms with E-state index >= 15 is 0 Å². The number of sulfonamides is 1. The highest BCUT2D eigenvalue weighted by molar-refractivity contribution is 9.10. The van der Waals surface area contributed by atoms with E-state index in [1.54, 1.807) is 24.9 Å². The molecule has 8 heteroatoms. The third kappa shape index (κ3) is 3.79. The Bertz CT molecular complexity index is 625. The molecule has 1 unspecified atom stereocenters. The molecule has 2 rings (SSSR count). The SMILES string of the molecule is CNCc1cc(Br)cc(S(=O)(=O)N2CCSC(C)C2)c1F. The standard InChI is InChI=1S/C13H18BrFN2O2S2/c1-9-8-17(3-4-20-9)21(18,19)12-6-11(14)5-10(7-16-2)13(12)15/h5-6,9,16H,3-4,7-8H2,1-2H3. The molecule has 1 aliphatic rings. The molecule has 1 heterocycles. The predicted molar refractivity (Wildman–Crippen MR) is 87.5 cm³/mol. The Morgan fingerprint density at radius 1 is 1.52 bits per heavy atom. The molecule has 1 aromatic rings. The summed E-state index contributed by atoms with van der Waals surface area (Å²) in [5.74, 6) is 0.0674. The molecular formula is C13H18BrFN2O2S2. The van der Waals surface area contributed by atoms with Gasteiger partial charge in [-0.3, -0.25) is 0 Å². The minimum absolute atomic E-state index is 0.223. The van der Waals surface area contributed by atoms with Gasteiger partial charge in [0.2, 0.25) is 10.0 Å². The topological polar surface area (TPSA) is 49.4 Å². The maximum absolute atomic E-state index is 14.5. The van der Waals surface area contributed by atoms with E-state index in [0.29, 0.717) is 23.1 Å². The molecule has 1 atom stereocenters. The van der Waals surface area contributed by atoms with Crippen LogP contribution in [0.5, 0.6) is 0 Å². The van der Waals surface area contributed by atoms with Crippen LogP contribution in [0.4, 0.5) is 4.39 Å². The van der Waals surface area contributed by atoms with Gasteiger partial charge in [-0.1, -0.05) is 22.9 Å². The van der Waals surface area contributed by atoms with Crippen LogP contribution in [0.15, 0.2) is 21.5 Å². The van der Waals surface area contributed by atoms with Crippen LogP contribution in [0.25, 0.3) is 0 Å². The van der Waals surface area contributed by atoms with E-state index in [2.05, 4.69) is 21.2 Å². The highest BCUT2D eigenvalue weighted by atomic mass is 79.9. The summed E-state index contributed by atoms with van der Waals surface area (Å²) in [6.07, 6.45) is 0. The maximum atomic E-state index is 14.5. The van der Waals surface area contributed by atoms with Gasteiger partial charge in [-0.05, 0) is 19.2 Å². The van der Waals surface area contributed by atoms with Crippen LogP contribution in [-0.4, -0.2) is 43.9 Å². The van der Waals surface area contributed by atoms with Gasteiger partial charge in [0.1, 0.15) is 10.7 Å². The van der Waals surface area contributed by atoms with Crippen molar-refractivity contribution in [3.8, 4) is 0 Å². The number of hydrogen-bond acceptors (Lipinski definition) is 4. The molecule has 1 fully saturated rings. The molecule has 1 aromatic carbocycles. The van der Waals surface area contributed by atoms with E-state index in [9.17, 15) is 12.8 Å².